The van der Waals surface area contributed by atoms with Crippen LogP contribution >= 0.6 is 11.6 Å². The molecule has 186 valence electrons. The van der Waals surface area contributed by atoms with E-state index in [-0.39, 0.29) is 4.90 Å². The molecule has 0 amide bonds. The summed E-state index contributed by atoms with van der Waals surface area (Å²) in [7, 11) is -3.49. The highest BCUT2D eigenvalue weighted by Gasteiger charge is 2.29. The first-order valence-electron chi connectivity index (χ1n) is 12.4. The van der Waals surface area contributed by atoms with Crippen LogP contribution in [-0.2, 0) is 23.0 Å². The monoisotopic (exact) mass is 521 g/mol. The molecule has 1 fully saturated rings. The van der Waals surface area contributed by atoms with Gasteiger partial charge in [0.25, 0.3) is 0 Å². The van der Waals surface area contributed by atoms with Gasteiger partial charge in [-0.05, 0) is 67.5 Å². The van der Waals surface area contributed by atoms with Gasteiger partial charge in [-0.15, -0.1) is 0 Å². The fourth-order valence-corrected chi connectivity index (χ4v) is 6.99. The Morgan fingerprint density at radius 2 is 1.83 bits per heavy atom. The molecule has 36 heavy (non-hydrogen) atoms. The van der Waals surface area contributed by atoms with E-state index < -0.39 is 10.0 Å². The van der Waals surface area contributed by atoms with E-state index >= 15 is 0 Å². The number of hydrogen-bond donors (Lipinski definition) is 1. The van der Waals surface area contributed by atoms with Crippen LogP contribution in [0.4, 0.5) is 5.95 Å². The van der Waals surface area contributed by atoms with Gasteiger partial charge in [-0.25, -0.2) is 18.4 Å². The molecule has 2 aliphatic heterocycles. The van der Waals surface area contributed by atoms with Gasteiger partial charge in [-0.3, -0.25) is 0 Å². The van der Waals surface area contributed by atoms with E-state index in [9.17, 15) is 8.42 Å². The number of halogens is 1. The second-order valence-corrected chi connectivity index (χ2v) is 12.0. The number of hydrogen-bond acceptors (Lipinski definition) is 5. The van der Waals surface area contributed by atoms with E-state index in [0.29, 0.717) is 36.5 Å². The number of rotatable bonds is 6. The fourth-order valence-electron chi connectivity index (χ4n) is 5.40. The highest BCUT2D eigenvalue weighted by atomic mass is 35.5. The number of nitrogens with zero attached hydrogens (tertiary/aromatic N) is 4. The van der Waals surface area contributed by atoms with Crippen molar-refractivity contribution in [2.75, 3.05) is 25.0 Å². The zero-order valence-electron chi connectivity index (χ0n) is 19.9. The molecule has 0 aliphatic carbocycles. The maximum atomic E-state index is 12.9. The number of benzene rings is 2. The predicted molar refractivity (Wildman–Crippen MR) is 143 cm³/mol. The van der Waals surface area contributed by atoms with Crippen LogP contribution in [-0.4, -0.2) is 46.9 Å². The first-order valence-corrected chi connectivity index (χ1v) is 14.2. The number of aryl methyl sites for hydroxylation is 2. The standard InChI is InChI=1S/C27H28ClN5O2S/c28-21-6-8-22(9-7-21)36(34,35)33-15-11-19(12-16-33)17-30-27-29-13-10-25(31-27)24-18-32-14-2-4-20-3-1-5-23(24)26(20)32/h1,3,5-10,13,18-19H,2,4,11-12,14-17H2,(H,29,30,31). The molecule has 9 heteroatoms. The molecule has 0 saturated carbocycles. The largest absolute Gasteiger partial charge is 0.354 e. The van der Waals surface area contributed by atoms with Crippen LogP contribution in [0.15, 0.2) is 65.8 Å². The molecule has 6 rings (SSSR count). The summed E-state index contributed by atoms with van der Waals surface area (Å²) < 4.78 is 29.8. The van der Waals surface area contributed by atoms with Gasteiger partial charge in [0.05, 0.1) is 16.1 Å². The van der Waals surface area contributed by atoms with Crippen LogP contribution in [0.2, 0.25) is 5.02 Å². The molecule has 1 N–H and O–H groups in total. The normalized spacial score (nSPS) is 16.9. The van der Waals surface area contributed by atoms with E-state index in [4.69, 9.17) is 16.6 Å². The summed E-state index contributed by atoms with van der Waals surface area (Å²) in [6.45, 7) is 2.75. The fraction of sp³-hybridized carbons (Fsp3) is 0.333. The Labute approximate surface area is 216 Å². The smallest absolute Gasteiger partial charge is 0.243 e. The van der Waals surface area contributed by atoms with Crippen molar-refractivity contribution in [2.24, 2.45) is 5.92 Å². The van der Waals surface area contributed by atoms with E-state index in [2.05, 4.69) is 39.3 Å². The van der Waals surface area contributed by atoms with Crippen molar-refractivity contribution in [3.8, 4) is 11.3 Å². The van der Waals surface area contributed by atoms with Gasteiger partial charge in [-0.2, -0.15) is 4.31 Å². The maximum Gasteiger partial charge on any atom is 0.243 e. The third-order valence-corrected chi connectivity index (χ3v) is 9.50. The van der Waals surface area contributed by atoms with Gasteiger partial charge < -0.3 is 9.88 Å². The predicted octanol–water partition coefficient (Wildman–Crippen LogP) is 5.21. The minimum atomic E-state index is -3.49. The van der Waals surface area contributed by atoms with E-state index in [0.717, 1.165) is 43.5 Å². The van der Waals surface area contributed by atoms with Crippen LogP contribution in [0, 0.1) is 5.92 Å². The zero-order chi connectivity index (χ0) is 24.7. The summed E-state index contributed by atoms with van der Waals surface area (Å²) in [6, 6.07) is 14.9. The van der Waals surface area contributed by atoms with Gasteiger partial charge in [0.1, 0.15) is 0 Å². The van der Waals surface area contributed by atoms with Crippen molar-refractivity contribution in [3.05, 3.63) is 71.5 Å². The first kappa shape index (κ1) is 23.5. The molecular weight excluding hydrogens is 494 g/mol. The number of nitrogens with one attached hydrogen (secondary N) is 1. The van der Waals surface area contributed by atoms with Crippen molar-refractivity contribution in [1.82, 2.24) is 18.8 Å². The number of sulfonamides is 1. The molecule has 0 bridgehead atoms. The molecule has 2 aliphatic rings. The van der Waals surface area contributed by atoms with Crippen LogP contribution < -0.4 is 5.32 Å². The highest BCUT2D eigenvalue weighted by molar-refractivity contribution is 7.89. The topological polar surface area (TPSA) is 80.1 Å². The SMILES string of the molecule is O=S(=O)(c1ccc(Cl)cc1)N1CCC(CNc2nccc(-c3cn4c5c(cccc35)CCC4)n2)CC1. The second kappa shape index (κ2) is 9.50. The van der Waals surface area contributed by atoms with Gasteiger partial charge >= 0.3 is 0 Å². The lowest BCUT2D eigenvalue weighted by molar-refractivity contribution is 0.282. The molecule has 0 radical (unpaired) electrons. The molecule has 0 unspecified atom stereocenters. The minimum Gasteiger partial charge on any atom is -0.354 e. The van der Waals surface area contributed by atoms with Crippen molar-refractivity contribution >= 4 is 38.5 Å². The second-order valence-electron chi connectivity index (χ2n) is 9.60. The van der Waals surface area contributed by atoms with Crippen molar-refractivity contribution in [3.63, 3.8) is 0 Å². The Kier molecular flexibility index (Phi) is 6.19. The molecule has 4 aromatic rings. The lowest BCUT2D eigenvalue weighted by atomic mass is 9.98. The highest BCUT2D eigenvalue weighted by Crippen LogP contribution is 2.34. The quantitative estimate of drug-likeness (QED) is 0.376. The number of piperidine rings is 1. The number of para-hydroxylation sites is 1. The lowest BCUT2D eigenvalue weighted by Crippen LogP contribution is -2.39. The van der Waals surface area contributed by atoms with Gasteiger partial charge in [0.15, 0.2) is 0 Å². The maximum absolute atomic E-state index is 12.9. The Bertz CT molecular complexity index is 1510. The van der Waals surface area contributed by atoms with Crippen molar-refractivity contribution < 1.29 is 8.42 Å². The van der Waals surface area contributed by atoms with Gasteiger partial charge in [0.2, 0.25) is 16.0 Å². The Morgan fingerprint density at radius 1 is 1.03 bits per heavy atom. The average molecular weight is 522 g/mol. The van der Waals surface area contributed by atoms with Crippen LogP contribution in [0.5, 0.6) is 0 Å². The van der Waals surface area contributed by atoms with Crippen LogP contribution in [0.1, 0.15) is 24.8 Å². The number of anilines is 1. The summed E-state index contributed by atoms with van der Waals surface area (Å²) in [5.74, 6) is 0.961. The first-order chi connectivity index (χ1) is 17.5. The molecule has 0 atom stereocenters. The molecule has 4 heterocycles. The molecule has 7 nitrogen and oxygen atoms in total. The van der Waals surface area contributed by atoms with Crippen LogP contribution in [0.25, 0.3) is 22.2 Å². The van der Waals surface area contributed by atoms with E-state index in [1.54, 1.807) is 34.8 Å². The van der Waals surface area contributed by atoms with E-state index in [1.807, 2.05) is 6.07 Å². The summed E-state index contributed by atoms with van der Waals surface area (Å²) in [5, 5.41) is 5.17. The van der Waals surface area contributed by atoms with Crippen molar-refractivity contribution in [1.29, 1.82) is 0 Å². The Balaban J connectivity index is 1.11. The van der Waals surface area contributed by atoms with Gasteiger partial charge in [0, 0.05) is 54.5 Å². The Morgan fingerprint density at radius 3 is 2.64 bits per heavy atom. The molecule has 1 saturated heterocycles. The third-order valence-electron chi connectivity index (χ3n) is 7.33. The van der Waals surface area contributed by atoms with Crippen LogP contribution in [0.3, 0.4) is 0 Å². The molecular formula is C27H28ClN5O2S. The average Bonchev–Trinajstić information content (AvgIpc) is 3.29. The Hall–Kier alpha value is -2.94. The van der Waals surface area contributed by atoms with E-state index in [1.165, 1.54) is 16.5 Å². The summed E-state index contributed by atoms with van der Waals surface area (Å²) >= 11 is 5.91. The summed E-state index contributed by atoms with van der Waals surface area (Å²) in [4.78, 5) is 9.55. The minimum absolute atomic E-state index is 0.289. The lowest BCUT2D eigenvalue weighted by Gasteiger charge is -2.31. The molecule has 0 spiro atoms. The molecule has 2 aromatic heterocycles. The van der Waals surface area contributed by atoms with Gasteiger partial charge in [-0.1, -0.05) is 29.8 Å². The number of aromatic nitrogens is 3. The molecule has 2 aromatic carbocycles. The summed E-state index contributed by atoms with van der Waals surface area (Å²) in [5.41, 5.74) is 4.79. The third kappa shape index (κ3) is 4.38. The van der Waals surface area contributed by atoms with Crippen molar-refractivity contribution in [2.45, 2.75) is 37.1 Å². The zero-order valence-corrected chi connectivity index (χ0v) is 21.5. The summed E-state index contributed by atoms with van der Waals surface area (Å²) in [6.07, 6.45) is 7.88.